The van der Waals surface area contributed by atoms with Gasteiger partial charge in [0.15, 0.2) is 0 Å². The van der Waals surface area contributed by atoms with E-state index in [-0.39, 0.29) is 5.91 Å². The Hall–Kier alpha value is -0.790. The fourth-order valence-corrected chi connectivity index (χ4v) is 0.906. The van der Waals surface area contributed by atoms with E-state index in [1.54, 1.807) is 0 Å². The van der Waals surface area contributed by atoms with E-state index in [9.17, 15) is 4.79 Å². The molecule has 1 aliphatic carbocycles. The largest absolute Gasteiger partial charge is 0.352 e. The highest BCUT2D eigenvalue weighted by Gasteiger charge is 2.23. The second kappa shape index (κ2) is 3.56. The van der Waals surface area contributed by atoms with Gasteiger partial charge in [-0.05, 0) is 25.7 Å². The predicted molar refractivity (Wildman–Crippen MR) is 45.2 cm³/mol. The molecule has 0 saturated heterocycles. The zero-order valence-corrected chi connectivity index (χ0v) is 7.02. The molecule has 1 rings (SSSR count). The Labute approximate surface area is 67.7 Å². The molecule has 0 radical (unpaired) electrons. The van der Waals surface area contributed by atoms with Gasteiger partial charge in [-0.1, -0.05) is 12.2 Å². The Kier molecular flexibility index (Phi) is 2.69. The number of nitrogens with one attached hydrogen (secondary N) is 1. The first-order valence-electron chi connectivity index (χ1n) is 4.09. The Bertz CT molecular complexity index is 170. The van der Waals surface area contributed by atoms with Crippen molar-refractivity contribution in [3.63, 3.8) is 0 Å². The molecule has 0 aromatic carbocycles. The standard InChI is InChI=1S/C9H15NO/c1-7(2)6-10-9(11)5-8-3-4-8/h8H,1,3-6H2,2H3,(H,10,11). The lowest BCUT2D eigenvalue weighted by molar-refractivity contribution is -0.121. The molecule has 2 heteroatoms. The number of carbonyl (C=O) groups excluding carboxylic acids is 1. The van der Waals surface area contributed by atoms with Crippen LogP contribution in [0.4, 0.5) is 0 Å². The predicted octanol–water partition coefficient (Wildman–Crippen LogP) is 1.48. The van der Waals surface area contributed by atoms with E-state index >= 15 is 0 Å². The second-order valence-corrected chi connectivity index (χ2v) is 3.38. The first kappa shape index (κ1) is 8.31. The van der Waals surface area contributed by atoms with Crippen LogP contribution in [0.15, 0.2) is 12.2 Å². The van der Waals surface area contributed by atoms with Gasteiger partial charge in [0.25, 0.3) is 0 Å². The van der Waals surface area contributed by atoms with Gasteiger partial charge in [0.1, 0.15) is 0 Å². The van der Waals surface area contributed by atoms with E-state index in [2.05, 4.69) is 11.9 Å². The van der Waals surface area contributed by atoms with Crippen LogP contribution in [0, 0.1) is 5.92 Å². The first-order chi connectivity index (χ1) is 5.18. The molecule has 11 heavy (non-hydrogen) atoms. The molecule has 1 N–H and O–H groups in total. The highest BCUT2D eigenvalue weighted by atomic mass is 16.1. The molecule has 0 aromatic rings. The third-order valence-electron chi connectivity index (χ3n) is 1.76. The van der Waals surface area contributed by atoms with E-state index < -0.39 is 0 Å². The number of rotatable bonds is 4. The SMILES string of the molecule is C=C(C)CNC(=O)CC1CC1. The van der Waals surface area contributed by atoms with Gasteiger partial charge < -0.3 is 5.32 Å². The lowest BCUT2D eigenvalue weighted by Gasteiger charge is -2.02. The van der Waals surface area contributed by atoms with Crippen molar-refractivity contribution in [1.82, 2.24) is 5.32 Å². The van der Waals surface area contributed by atoms with E-state index in [0.717, 1.165) is 5.57 Å². The second-order valence-electron chi connectivity index (χ2n) is 3.38. The summed E-state index contributed by atoms with van der Waals surface area (Å²) in [7, 11) is 0. The van der Waals surface area contributed by atoms with Crippen LogP contribution in [-0.2, 0) is 4.79 Å². The molecule has 0 atom stereocenters. The van der Waals surface area contributed by atoms with Gasteiger partial charge in [-0.15, -0.1) is 0 Å². The Morgan fingerprint density at radius 3 is 2.73 bits per heavy atom. The zero-order chi connectivity index (χ0) is 8.27. The maximum atomic E-state index is 11.0. The van der Waals surface area contributed by atoms with Crippen LogP contribution in [0.2, 0.25) is 0 Å². The molecule has 2 nitrogen and oxygen atoms in total. The van der Waals surface area contributed by atoms with Crippen molar-refractivity contribution in [3.05, 3.63) is 12.2 Å². The molecular formula is C9H15NO. The lowest BCUT2D eigenvalue weighted by atomic mass is 10.2. The van der Waals surface area contributed by atoms with Gasteiger partial charge in [0.2, 0.25) is 5.91 Å². The summed E-state index contributed by atoms with van der Waals surface area (Å²) in [5.74, 6) is 0.857. The number of carbonyl (C=O) groups is 1. The van der Waals surface area contributed by atoms with E-state index in [1.807, 2.05) is 6.92 Å². The Balaban J connectivity index is 2.04. The summed E-state index contributed by atoms with van der Waals surface area (Å²) < 4.78 is 0. The van der Waals surface area contributed by atoms with Crippen molar-refractivity contribution < 1.29 is 4.79 Å². The van der Waals surface area contributed by atoms with Crippen molar-refractivity contribution in [3.8, 4) is 0 Å². The van der Waals surface area contributed by atoms with Crippen molar-refractivity contribution in [2.75, 3.05) is 6.54 Å². The smallest absolute Gasteiger partial charge is 0.220 e. The van der Waals surface area contributed by atoms with Gasteiger partial charge in [-0.2, -0.15) is 0 Å². The third-order valence-corrected chi connectivity index (χ3v) is 1.76. The van der Waals surface area contributed by atoms with Gasteiger partial charge >= 0.3 is 0 Å². The van der Waals surface area contributed by atoms with E-state index in [4.69, 9.17) is 0 Å². The van der Waals surface area contributed by atoms with Crippen molar-refractivity contribution >= 4 is 5.91 Å². The van der Waals surface area contributed by atoms with Crippen LogP contribution in [0.3, 0.4) is 0 Å². The van der Waals surface area contributed by atoms with Gasteiger partial charge in [0.05, 0.1) is 0 Å². The zero-order valence-electron chi connectivity index (χ0n) is 7.02. The van der Waals surface area contributed by atoms with Crippen LogP contribution >= 0.6 is 0 Å². The van der Waals surface area contributed by atoms with E-state index in [0.29, 0.717) is 18.9 Å². The minimum Gasteiger partial charge on any atom is -0.352 e. The topological polar surface area (TPSA) is 29.1 Å². The summed E-state index contributed by atoms with van der Waals surface area (Å²) in [5, 5.41) is 2.81. The maximum Gasteiger partial charge on any atom is 0.220 e. The number of amides is 1. The summed E-state index contributed by atoms with van der Waals surface area (Å²) in [6.45, 7) is 6.25. The summed E-state index contributed by atoms with van der Waals surface area (Å²) in [6, 6.07) is 0. The minimum atomic E-state index is 0.176. The highest BCUT2D eigenvalue weighted by molar-refractivity contribution is 5.76. The van der Waals surface area contributed by atoms with Crippen molar-refractivity contribution in [2.24, 2.45) is 5.92 Å². The average Bonchev–Trinajstić information content (AvgIpc) is 2.67. The van der Waals surface area contributed by atoms with Gasteiger partial charge in [-0.3, -0.25) is 4.79 Å². The fourth-order valence-electron chi connectivity index (χ4n) is 0.906. The number of hydrogen-bond donors (Lipinski definition) is 1. The normalized spacial score (nSPS) is 16.1. The van der Waals surface area contributed by atoms with Gasteiger partial charge in [-0.25, -0.2) is 0 Å². The Morgan fingerprint density at radius 1 is 1.64 bits per heavy atom. The molecule has 0 bridgehead atoms. The molecule has 1 saturated carbocycles. The Morgan fingerprint density at radius 2 is 2.27 bits per heavy atom. The van der Waals surface area contributed by atoms with Crippen LogP contribution in [0.25, 0.3) is 0 Å². The molecular weight excluding hydrogens is 138 g/mol. The molecule has 0 unspecified atom stereocenters. The third kappa shape index (κ3) is 3.81. The summed E-state index contributed by atoms with van der Waals surface area (Å²) in [4.78, 5) is 11.0. The van der Waals surface area contributed by atoms with Crippen LogP contribution < -0.4 is 5.32 Å². The fraction of sp³-hybridized carbons (Fsp3) is 0.667. The van der Waals surface area contributed by atoms with Crippen molar-refractivity contribution in [2.45, 2.75) is 26.2 Å². The van der Waals surface area contributed by atoms with Crippen LogP contribution in [0.1, 0.15) is 26.2 Å². The average molecular weight is 153 g/mol. The lowest BCUT2D eigenvalue weighted by Crippen LogP contribution is -2.24. The summed E-state index contributed by atoms with van der Waals surface area (Å²) >= 11 is 0. The summed E-state index contributed by atoms with van der Waals surface area (Å²) in [5.41, 5.74) is 1.01. The summed E-state index contributed by atoms with van der Waals surface area (Å²) in [6.07, 6.45) is 3.19. The molecule has 1 aliphatic rings. The molecule has 0 heterocycles. The number of hydrogen-bond acceptors (Lipinski definition) is 1. The van der Waals surface area contributed by atoms with Gasteiger partial charge in [0, 0.05) is 13.0 Å². The quantitative estimate of drug-likeness (QED) is 0.609. The van der Waals surface area contributed by atoms with Crippen molar-refractivity contribution in [1.29, 1.82) is 0 Å². The maximum absolute atomic E-state index is 11.0. The molecule has 0 aromatic heterocycles. The van der Waals surface area contributed by atoms with Crippen LogP contribution in [0.5, 0.6) is 0 Å². The molecule has 1 fully saturated rings. The molecule has 0 aliphatic heterocycles. The molecule has 1 amide bonds. The molecule has 62 valence electrons. The highest BCUT2D eigenvalue weighted by Crippen LogP contribution is 2.31. The monoisotopic (exact) mass is 153 g/mol. The van der Waals surface area contributed by atoms with E-state index in [1.165, 1.54) is 12.8 Å². The minimum absolute atomic E-state index is 0.176. The van der Waals surface area contributed by atoms with Crippen LogP contribution in [-0.4, -0.2) is 12.5 Å². The molecule has 0 spiro atoms. The first-order valence-corrected chi connectivity index (χ1v) is 4.09.